The minimum Gasteiger partial charge on any atom is -0.488 e. The van der Waals surface area contributed by atoms with Crippen LogP contribution in [0.4, 0.5) is 5.69 Å². The van der Waals surface area contributed by atoms with E-state index < -0.39 is 5.91 Å². The van der Waals surface area contributed by atoms with Gasteiger partial charge in [-0.1, -0.05) is 48.0 Å². The Morgan fingerprint density at radius 3 is 2.65 bits per heavy atom. The summed E-state index contributed by atoms with van der Waals surface area (Å²) in [6.07, 6.45) is 1.57. The molecule has 1 amide bonds. The standard InChI is InChI=1S/C25H20ClIN2O2/c1-16-6-5-9-23(17(16)2)29-25(30)20(14-28)12-18-10-11-24(22(27)13-18)31-15-19-7-3-4-8-21(19)26/h3-13H,15H2,1-2H3,(H,29,30)/b20-12+. The molecule has 0 aromatic heterocycles. The van der Waals surface area contributed by atoms with E-state index in [1.807, 2.05) is 80.6 Å². The number of ether oxygens (including phenoxy) is 1. The van der Waals surface area contributed by atoms with Crippen LogP contribution in [0.15, 0.2) is 66.2 Å². The van der Waals surface area contributed by atoms with E-state index in [0.29, 0.717) is 23.1 Å². The van der Waals surface area contributed by atoms with Crippen LogP contribution in [0.3, 0.4) is 0 Å². The SMILES string of the molecule is Cc1cccc(NC(=O)/C(C#N)=C/c2ccc(OCc3ccccc3Cl)c(I)c2)c1C. The minimum absolute atomic E-state index is 0.0291. The first kappa shape index (κ1) is 22.9. The van der Waals surface area contributed by atoms with E-state index in [4.69, 9.17) is 16.3 Å². The lowest BCUT2D eigenvalue weighted by Gasteiger charge is -2.11. The number of carbonyl (C=O) groups excluding carboxylic acids is 1. The summed E-state index contributed by atoms with van der Waals surface area (Å²) in [7, 11) is 0. The van der Waals surface area contributed by atoms with E-state index in [2.05, 4.69) is 27.9 Å². The van der Waals surface area contributed by atoms with Gasteiger partial charge in [-0.3, -0.25) is 4.79 Å². The number of nitriles is 1. The third-order valence-corrected chi connectivity index (χ3v) is 6.04. The zero-order valence-corrected chi connectivity index (χ0v) is 20.0. The van der Waals surface area contributed by atoms with Gasteiger partial charge in [0.15, 0.2) is 0 Å². The van der Waals surface area contributed by atoms with E-state index in [-0.39, 0.29) is 5.57 Å². The van der Waals surface area contributed by atoms with Crippen LogP contribution >= 0.6 is 34.2 Å². The summed E-state index contributed by atoms with van der Waals surface area (Å²) >= 11 is 8.35. The van der Waals surface area contributed by atoms with Gasteiger partial charge >= 0.3 is 0 Å². The summed E-state index contributed by atoms with van der Waals surface area (Å²) in [6, 6.07) is 20.7. The van der Waals surface area contributed by atoms with Crippen molar-refractivity contribution in [2.45, 2.75) is 20.5 Å². The topological polar surface area (TPSA) is 62.1 Å². The first-order valence-corrected chi connectivity index (χ1v) is 11.0. The number of aryl methyl sites for hydroxylation is 1. The normalized spacial score (nSPS) is 11.0. The summed E-state index contributed by atoms with van der Waals surface area (Å²) in [6.45, 7) is 4.26. The maximum Gasteiger partial charge on any atom is 0.266 e. The lowest BCUT2D eigenvalue weighted by molar-refractivity contribution is -0.112. The Balaban J connectivity index is 1.74. The molecule has 0 aliphatic carbocycles. The molecule has 3 aromatic carbocycles. The van der Waals surface area contributed by atoms with Gasteiger partial charge in [0.05, 0.1) is 3.57 Å². The molecular formula is C25H20ClIN2O2. The first-order chi connectivity index (χ1) is 14.9. The van der Waals surface area contributed by atoms with Crippen LogP contribution in [-0.2, 0) is 11.4 Å². The van der Waals surface area contributed by atoms with Gasteiger partial charge < -0.3 is 10.1 Å². The number of nitrogens with one attached hydrogen (secondary N) is 1. The molecule has 1 N–H and O–H groups in total. The average molecular weight is 543 g/mol. The predicted molar refractivity (Wildman–Crippen MR) is 133 cm³/mol. The van der Waals surface area contributed by atoms with E-state index in [1.54, 1.807) is 6.08 Å². The molecule has 4 nitrogen and oxygen atoms in total. The number of amides is 1. The highest BCUT2D eigenvalue weighted by Gasteiger charge is 2.12. The van der Waals surface area contributed by atoms with E-state index in [0.717, 1.165) is 25.8 Å². The van der Waals surface area contributed by atoms with Crippen LogP contribution in [0.25, 0.3) is 6.08 Å². The molecule has 0 radical (unpaired) electrons. The molecule has 6 heteroatoms. The highest BCUT2D eigenvalue weighted by Crippen LogP contribution is 2.26. The van der Waals surface area contributed by atoms with Crippen LogP contribution in [0.1, 0.15) is 22.3 Å². The summed E-state index contributed by atoms with van der Waals surface area (Å²) in [5, 5.41) is 13.0. The largest absolute Gasteiger partial charge is 0.488 e. The highest BCUT2D eigenvalue weighted by molar-refractivity contribution is 14.1. The second-order valence-corrected chi connectivity index (χ2v) is 8.51. The van der Waals surface area contributed by atoms with E-state index >= 15 is 0 Å². The monoisotopic (exact) mass is 542 g/mol. The van der Waals surface area contributed by atoms with Gasteiger partial charge in [-0.25, -0.2) is 0 Å². The van der Waals surface area contributed by atoms with E-state index in [9.17, 15) is 10.1 Å². The summed E-state index contributed by atoms with van der Waals surface area (Å²) in [4.78, 5) is 12.6. The lowest BCUT2D eigenvalue weighted by atomic mass is 10.1. The van der Waals surface area contributed by atoms with Gasteiger partial charge in [0.1, 0.15) is 24.0 Å². The van der Waals surface area contributed by atoms with Gasteiger partial charge in [0.25, 0.3) is 5.91 Å². The van der Waals surface area contributed by atoms with Crippen molar-refractivity contribution in [2.24, 2.45) is 0 Å². The second-order valence-electron chi connectivity index (χ2n) is 6.94. The molecule has 3 rings (SSSR count). The van der Waals surface area contributed by atoms with Crippen LogP contribution < -0.4 is 10.1 Å². The fourth-order valence-electron chi connectivity index (χ4n) is 2.89. The summed E-state index contributed by atoms with van der Waals surface area (Å²) in [5.74, 6) is 0.265. The first-order valence-electron chi connectivity index (χ1n) is 9.54. The lowest BCUT2D eigenvalue weighted by Crippen LogP contribution is -2.14. The Bertz CT molecular complexity index is 1200. The molecule has 0 saturated heterocycles. The maximum absolute atomic E-state index is 12.6. The fourth-order valence-corrected chi connectivity index (χ4v) is 3.77. The molecule has 31 heavy (non-hydrogen) atoms. The molecule has 0 atom stereocenters. The Hall–Kier alpha value is -2.82. The third kappa shape index (κ3) is 5.87. The van der Waals surface area contributed by atoms with Crippen molar-refractivity contribution in [2.75, 3.05) is 5.32 Å². The van der Waals surface area contributed by atoms with Crippen LogP contribution in [0.2, 0.25) is 5.02 Å². The molecule has 3 aromatic rings. The number of nitrogens with zero attached hydrogens (tertiary/aromatic N) is 1. The smallest absolute Gasteiger partial charge is 0.266 e. The summed E-state index contributed by atoms with van der Waals surface area (Å²) in [5.41, 5.74) is 4.41. The van der Waals surface area contributed by atoms with Crippen molar-refractivity contribution in [1.82, 2.24) is 0 Å². The Kier molecular flexibility index (Phi) is 7.72. The molecule has 0 heterocycles. The van der Waals surface area contributed by atoms with Crippen LogP contribution in [0, 0.1) is 28.7 Å². The molecule has 0 fully saturated rings. The van der Waals surface area contributed by atoms with Crippen molar-refractivity contribution in [3.63, 3.8) is 0 Å². The number of carbonyl (C=O) groups is 1. The zero-order valence-electron chi connectivity index (χ0n) is 17.1. The number of hydrogen-bond acceptors (Lipinski definition) is 3. The van der Waals surface area contributed by atoms with Gasteiger partial charge in [-0.2, -0.15) is 5.26 Å². The number of hydrogen-bond donors (Lipinski definition) is 1. The van der Waals surface area contributed by atoms with Gasteiger partial charge in [-0.15, -0.1) is 0 Å². The molecule has 0 aliphatic heterocycles. The van der Waals surface area contributed by atoms with Gasteiger partial charge in [0, 0.05) is 16.3 Å². The predicted octanol–water partition coefficient (Wildman–Crippen LogP) is 6.69. The Labute approximate surface area is 200 Å². The highest BCUT2D eigenvalue weighted by atomic mass is 127. The van der Waals surface area contributed by atoms with Crippen molar-refractivity contribution in [3.05, 3.63) is 97.1 Å². The molecule has 0 aliphatic rings. The second kappa shape index (κ2) is 10.5. The van der Waals surface area contributed by atoms with Crippen molar-refractivity contribution < 1.29 is 9.53 Å². The average Bonchev–Trinajstić information content (AvgIpc) is 2.75. The number of anilines is 1. The van der Waals surface area contributed by atoms with Crippen LogP contribution in [0.5, 0.6) is 5.75 Å². The van der Waals surface area contributed by atoms with Gasteiger partial charge in [-0.05, 0) is 83.5 Å². The molecule has 156 valence electrons. The number of benzene rings is 3. The zero-order chi connectivity index (χ0) is 22.4. The minimum atomic E-state index is -0.440. The fraction of sp³-hybridized carbons (Fsp3) is 0.120. The molecule has 0 saturated carbocycles. The van der Waals surface area contributed by atoms with Crippen molar-refractivity contribution >= 4 is 51.9 Å². The van der Waals surface area contributed by atoms with Crippen molar-refractivity contribution in [1.29, 1.82) is 5.26 Å². The maximum atomic E-state index is 12.6. The van der Waals surface area contributed by atoms with Crippen LogP contribution in [-0.4, -0.2) is 5.91 Å². The number of halogens is 2. The molecule has 0 spiro atoms. The molecular weight excluding hydrogens is 523 g/mol. The summed E-state index contributed by atoms with van der Waals surface area (Å²) < 4.78 is 6.75. The van der Waals surface area contributed by atoms with Crippen molar-refractivity contribution in [3.8, 4) is 11.8 Å². The quantitative estimate of drug-likeness (QED) is 0.215. The Morgan fingerprint density at radius 1 is 1.16 bits per heavy atom. The molecule has 0 unspecified atom stereocenters. The number of rotatable bonds is 6. The van der Waals surface area contributed by atoms with E-state index in [1.165, 1.54) is 0 Å². The Morgan fingerprint density at radius 2 is 1.94 bits per heavy atom. The van der Waals surface area contributed by atoms with Gasteiger partial charge in [0.2, 0.25) is 0 Å². The molecule has 0 bridgehead atoms. The third-order valence-electron chi connectivity index (χ3n) is 4.83.